The molecule has 0 saturated carbocycles. The summed E-state index contributed by atoms with van der Waals surface area (Å²) in [6.45, 7) is 2.81. The Morgan fingerprint density at radius 2 is 1.92 bits per heavy atom. The topological polar surface area (TPSA) is 155 Å². The second-order valence-corrected chi connectivity index (χ2v) is 10.8. The van der Waals surface area contributed by atoms with E-state index in [-0.39, 0.29) is 12.4 Å². The number of aryl methyl sites for hydroxylation is 1. The zero-order valence-electron chi connectivity index (χ0n) is 19.9. The lowest BCUT2D eigenvalue weighted by molar-refractivity contribution is 0.213. The summed E-state index contributed by atoms with van der Waals surface area (Å²) in [4.78, 5) is 33.0. The number of unbranched alkanes of at least 4 members (excludes halogenated alkanes) is 2. The number of benzene rings is 1. The molecule has 0 aliphatic carbocycles. The SMILES string of the molecule is CCCc1nc2ccc(OCCCCCN3C=CN(c4ccnc(N)c4)S3(C(=O)O)C(=O)O)cc2o1. The molecule has 4 N–H and O–H groups in total. The Morgan fingerprint density at radius 3 is 2.64 bits per heavy atom. The number of oxazole rings is 1. The molecule has 11 nitrogen and oxygen atoms in total. The Bertz CT molecular complexity index is 1260. The zero-order chi connectivity index (χ0) is 25.7. The summed E-state index contributed by atoms with van der Waals surface area (Å²) in [6.07, 6.45) is 8.20. The van der Waals surface area contributed by atoms with Crippen LogP contribution in [0.3, 0.4) is 0 Å². The van der Waals surface area contributed by atoms with Crippen LogP contribution in [0.1, 0.15) is 38.5 Å². The van der Waals surface area contributed by atoms with Crippen molar-refractivity contribution >= 4 is 43.6 Å². The van der Waals surface area contributed by atoms with E-state index in [0.717, 1.165) is 31.2 Å². The van der Waals surface area contributed by atoms with E-state index in [2.05, 4.69) is 16.9 Å². The van der Waals surface area contributed by atoms with Gasteiger partial charge in [0.05, 0.1) is 12.3 Å². The van der Waals surface area contributed by atoms with Crippen molar-refractivity contribution < 1.29 is 29.0 Å². The van der Waals surface area contributed by atoms with Gasteiger partial charge in [0.15, 0.2) is 11.5 Å². The number of ether oxygens (including phenoxy) is 1. The smallest absolute Gasteiger partial charge is 0.393 e. The second kappa shape index (κ2) is 10.8. The normalized spacial score (nSPS) is 15.4. The first-order chi connectivity index (χ1) is 17.4. The summed E-state index contributed by atoms with van der Waals surface area (Å²) in [5.41, 5.74) is 7.59. The van der Waals surface area contributed by atoms with Crippen molar-refractivity contribution in [2.45, 2.75) is 39.0 Å². The van der Waals surface area contributed by atoms with E-state index >= 15 is 0 Å². The molecule has 1 aromatic carbocycles. The van der Waals surface area contributed by atoms with Gasteiger partial charge in [0, 0.05) is 43.7 Å². The Balaban J connectivity index is 1.32. The third-order valence-corrected chi connectivity index (χ3v) is 8.52. The third kappa shape index (κ3) is 4.89. The second-order valence-electron chi connectivity index (χ2n) is 8.18. The molecule has 1 aliphatic rings. The van der Waals surface area contributed by atoms with Gasteiger partial charge in [-0.15, -0.1) is 0 Å². The van der Waals surface area contributed by atoms with E-state index in [0.29, 0.717) is 35.9 Å². The predicted octanol–water partition coefficient (Wildman–Crippen LogP) is 5.59. The van der Waals surface area contributed by atoms with Gasteiger partial charge in [0.2, 0.25) is 0 Å². The first kappa shape index (κ1) is 25.2. The van der Waals surface area contributed by atoms with Crippen LogP contribution in [0.5, 0.6) is 5.75 Å². The molecule has 4 rings (SSSR count). The zero-order valence-corrected chi connectivity index (χ0v) is 20.7. The highest BCUT2D eigenvalue weighted by Gasteiger charge is 2.53. The largest absolute Gasteiger partial charge is 0.493 e. The number of rotatable bonds is 10. The fourth-order valence-corrected chi connectivity index (χ4v) is 6.37. The van der Waals surface area contributed by atoms with Crippen LogP contribution >= 0.6 is 10.4 Å². The molecule has 0 amide bonds. The van der Waals surface area contributed by atoms with Crippen LogP contribution in [-0.2, 0) is 6.42 Å². The monoisotopic (exact) mass is 515 g/mol. The van der Waals surface area contributed by atoms with E-state index in [1.807, 2.05) is 18.2 Å². The van der Waals surface area contributed by atoms with Crippen LogP contribution in [0, 0.1) is 0 Å². The van der Waals surface area contributed by atoms with E-state index < -0.39 is 21.0 Å². The summed E-state index contributed by atoms with van der Waals surface area (Å²) in [7, 11) is -3.45. The highest BCUT2D eigenvalue weighted by Crippen LogP contribution is 2.61. The summed E-state index contributed by atoms with van der Waals surface area (Å²) in [6, 6.07) is 8.55. The molecular formula is C24H29N5O6S. The molecule has 1 aliphatic heterocycles. The van der Waals surface area contributed by atoms with Crippen LogP contribution in [-0.4, -0.2) is 48.2 Å². The third-order valence-electron chi connectivity index (χ3n) is 5.66. The van der Waals surface area contributed by atoms with Gasteiger partial charge in [-0.25, -0.2) is 19.6 Å². The maximum atomic E-state index is 12.3. The van der Waals surface area contributed by atoms with E-state index in [4.69, 9.17) is 14.9 Å². The number of hydrogen-bond acceptors (Lipinski definition) is 9. The van der Waals surface area contributed by atoms with Crippen molar-refractivity contribution in [2.24, 2.45) is 0 Å². The average Bonchev–Trinajstić information content (AvgIpc) is 3.42. The quantitative estimate of drug-likeness (QED) is 0.289. The lowest BCUT2D eigenvalue weighted by Gasteiger charge is -2.42. The first-order valence-electron chi connectivity index (χ1n) is 11.6. The Labute approximate surface area is 209 Å². The molecule has 0 saturated heterocycles. The van der Waals surface area contributed by atoms with Crippen LogP contribution in [0.4, 0.5) is 21.1 Å². The van der Waals surface area contributed by atoms with Crippen LogP contribution < -0.4 is 14.8 Å². The number of aromatic nitrogens is 2. The van der Waals surface area contributed by atoms with Crippen LogP contribution in [0.25, 0.3) is 11.1 Å². The van der Waals surface area contributed by atoms with Gasteiger partial charge in [-0.1, -0.05) is 6.92 Å². The molecule has 0 bridgehead atoms. The molecule has 0 fully saturated rings. The maximum Gasteiger partial charge on any atom is 0.393 e. The average molecular weight is 516 g/mol. The maximum absolute atomic E-state index is 12.3. The van der Waals surface area contributed by atoms with Crippen molar-refractivity contribution in [3.8, 4) is 5.75 Å². The molecule has 36 heavy (non-hydrogen) atoms. The molecular weight excluding hydrogens is 486 g/mol. The number of fused-ring (bicyclic) bond motifs is 1. The van der Waals surface area contributed by atoms with Gasteiger partial charge in [-0.2, -0.15) is 0 Å². The standard InChI is InChI=1S/C24H29N5O6S/c1-2-6-22-27-19-8-7-18(16-20(19)35-22)34-14-5-3-4-11-28-12-13-29(17-9-10-26-21(25)15-17)36(28,23(30)31)24(32)33/h7-10,12-13,15-16H,2-6,11,14H2,1H3,(H2,25,26)(H,30,31)(H,32,33). The minimum atomic E-state index is -3.45. The van der Waals surface area contributed by atoms with Crippen LogP contribution in [0.15, 0.2) is 53.3 Å². The minimum Gasteiger partial charge on any atom is -0.493 e. The Morgan fingerprint density at radius 1 is 1.11 bits per heavy atom. The lowest BCUT2D eigenvalue weighted by Crippen LogP contribution is -2.39. The van der Waals surface area contributed by atoms with Gasteiger partial charge in [-0.3, -0.25) is 4.31 Å². The number of nitrogens with two attached hydrogens (primary N) is 1. The van der Waals surface area contributed by atoms with Crippen molar-refractivity contribution in [1.82, 2.24) is 14.3 Å². The fraction of sp³-hybridized carbons (Fsp3) is 0.333. The molecule has 2 aromatic heterocycles. The van der Waals surface area contributed by atoms with Gasteiger partial charge >= 0.3 is 10.6 Å². The number of nitrogen functional groups attached to an aromatic ring is 1. The molecule has 0 radical (unpaired) electrons. The molecule has 192 valence electrons. The molecule has 3 aromatic rings. The number of pyridine rings is 1. The molecule has 0 spiro atoms. The number of anilines is 2. The van der Waals surface area contributed by atoms with Crippen LogP contribution in [0.2, 0.25) is 0 Å². The highest BCUT2D eigenvalue weighted by atomic mass is 32.3. The predicted molar refractivity (Wildman–Crippen MR) is 138 cm³/mol. The summed E-state index contributed by atoms with van der Waals surface area (Å²) >= 11 is 0. The van der Waals surface area contributed by atoms with Crippen molar-refractivity contribution in [2.75, 3.05) is 23.2 Å². The number of hydrogen-bond donors (Lipinski definition) is 3. The lowest BCUT2D eigenvalue weighted by atomic mass is 10.2. The van der Waals surface area contributed by atoms with Gasteiger partial charge in [-0.05, 0) is 43.9 Å². The van der Waals surface area contributed by atoms with Gasteiger partial charge in [0.25, 0.3) is 0 Å². The number of carbonyl (C=O) groups is 2. The molecule has 0 atom stereocenters. The van der Waals surface area contributed by atoms with Crippen molar-refractivity contribution in [3.63, 3.8) is 0 Å². The number of nitrogens with zero attached hydrogens (tertiary/aromatic N) is 4. The molecule has 3 heterocycles. The Kier molecular flexibility index (Phi) is 7.53. The highest BCUT2D eigenvalue weighted by molar-refractivity contribution is 8.54. The van der Waals surface area contributed by atoms with E-state index in [9.17, 15) is 19.8 Å². The minimum absolute atomic E-state index is 0.173. The Hall–Kier alpha value is -3.93. The molecule has 12 heteroatoms. The fourth-order valence-electron chi connectivity index (χ4n) is 3.99. The van der Waals surface area contributed by atoms with E-state index in [1.165, 1.54) is 39.3 Å². The molecule has 0 unspecified atom stereocenters. The van der Waals surface area contributed by atoms with Gasteiger partial charge < -0.3 is 29.4 Å². The van der Waals surface area contributed by atoms with Gasteiger partial charge in [0.1, 0.15) is 27.5 Å². The summed E-state index contributed by atoms with van der Waals surface area (Å²) < 4.78 is 14.3. The van der Waals surface area contributed by atoms with Crippen molar-refractivity contribution in [1.29, 1.82) is 0 Å². The summed E-state index contributed by atoms with van der Waals surface area (Å²) in [5, 5.41) is 17.2. The first-order valence-corrected chi connectivity index (χ1v) is 13.2. The number of carboxylic acid groups (broad SMARTS) is 2. The summed E-state index contributed by atoms with van der Waals surface area (Å²) in [5.74, 6) is 1.58. The van der Waals surface area contributed by atoms with Crippen molar-refractivity contribution in [3.05, 3.63) is 54.8 Å². The van der Waals surface area contributed by atoms with E-state index in [1.54, 1.807) is 0 Å².